The summed E-state index contributed by atoms with van der Waals surface area (Å²) in [5, 5.41) is 0. The Bertz CT molecular complexity index is 1490. The second-order valence-electron chi connectivity index (χ2n) is 12.4. The number of aromatic nitrogens is 3. The molecule has 1 aromatic carbocycles. The fourth-order valence-electron chi connectivity index (χ4n) is 6.79. The molecule has 1 amide bonds. The molecule has 1 aliphatic carbocycles. The van der Waals surface area contributed by atoms with E-state index in [4.69, 9.17) is 21.1 Å². The first-order valence-electron chi connectivity index (χ1n) is 16.5. The number of rotatable bonds is 11. The molecule has 2 aliphatic heterocycles. The topological polar surface area (TPSA) is 83.9 Å². The largest absolute Gasteiger partial charge is 0.490 e. The molecule has 6 rings (SSSR count). The van der Waals surface area contributed by atoms with Gasteiger partial charge in [-0.2, -0.15) is 0 Å². The molecule has 1 saturated heterocycles. The lowest BCUT2D eigenvalue weighted by molar-refractivity contribution is -0.0352. The van der Waals surface area contributed by atoms with E-state index in [0.717, 1.165) is 69.9 Å². The normalized spacial score (nSPS) is 17.0. The number of hydrogen-bond acceptors (Lipinski definition) is 8. The van der Waals surface area contributed by atoms with Crippen molar-refractivity contribution in [3.8, 4) is 17.2 Å². The lowest BCUT2D eigenvalue weighted by Gasteiger charge is -2.59. The Labute approximate surface area is 277 Å². The highest BCUT2D eigenvalue weighted by Crippen LogP contribution is 2.52. The molecular weight excluding hydrogens is 607 g/mol. The third-order valence-electron chi connectivity index (χ3n) is 9.00. The van der Waals surface area contributed by atoms with Crippen molar-refractivity contribution in [2.45, 2.75) is 79.0 Å². The SMILES string of the molecule is CC.CCN(C(=O)c1cc(F)ccc1Oc1cncnc1N1CC2(CC(Oc3ccnc4c3CN(CCCCl)CC4)C2)C1)C(C)C. The number of ether oxygens (including phenoxy) is 2. The summed E-state index contributed by atoms with van der Waals surface area (Å²) in [6.07, 6.45) is 8.97. The molecule has 0 N–H and O–H groups in total. The van der Waals surface area contributed by atoms with Gasteiger partial charge in [0.15, 0.2) is 11.6 Å². The van der Waals surface area contributed by atoms with E-state index in [1.54, 1.807) is 11.1 Å². The van der Waals surface area contributed by atoms with Gasteiger partial charge in [-0.25, -0.2) is 14.4 Å². The Morgan fingerprint density at radius 3 is 2.65 bits per heavy atom. The molecule has 2 fully saturated rings. The number of alkyl halides is 1. The molecule has 0 unspecified atom stereocenters. The van der Waals surface area contributed by atoms with Crippen LogP contribution in [0.5, 0.6) is 17.2 Å². The number of carbonyl (C=O) groups is 1. The smallest absolute Gasteiger partial charge is 0.257 e. The Morgan fingerprint density at radius 1 is 1.15 bits per heavy atom. The predicted molar refractivity (Wildman–Crippen MR) is 179 cm³/mol. The van der Waals surface area contributed by atoms with Crippen LogP contribution in [0.1, 0.15) is 75.5 Å². The molecule has 2 aromatic heterocycles. The number of fused-ring (bicyclic) bond motifs is 1. The zero-order chi connectivity index (χ0) is 32.8. The van der Waals surface area contributed by atoms with Crippen LogP contribution in [0.4, 0.5) is 10.2 Å². The van der Waals surface area contributed by atoms with E-state index in [2.05, 4.69) is 24.8 Å². The van der Waals surface area contributed by atoms with E-state index < -0.39 is 5.82 Å². The fraction of sp³-hybridized carbons (Fsp3) is 0.543. The van der Waals surface area contributed by atoms with Gasteiger partial charge in [-0.1, -0.05) is 13.8 Å². The van der Waals surface area contributed by atoms with Crippen LogP contribution in [0, 0.1) is 11.2 Å². The standard InChI is InChI=1S/C33H40ClFN6O3.C2H6/c1-4-41(22(2)3)32(42)25-14-23(35)6-7-28(25)44-30-17-36-21-38-31(30)40-19-33(20-40)15-24(16-33)43-29-8-11-37-27-9-13-39(12-5-10-34)18-26(27)29;1-2/h6-8,11,14,17,21-22,24H,4-5,9-10,12-13,15-16,18-20H2,1-3H3;1-2H3. The minimum atomic E-state index is -0.493. The highest BCUT2D eigenvalue weighted by atomic mass is 35.5. The zero-order valence-electron chi connectivity index (χ0n) is 27.6. The van der Waals surface area contributed by atoms with Crippen LogP contribution in [0.15, 0.2) is 43.0 Å². The Kier molecular flexibility index (Phi) is 11.0. The maximum absolute atomic E-state index is 14.3. The van der Waals surface area contributed by atoms with Gasteiger partial charge in [0.05, 0.1) is 11.8 Å². The van der Waals surface area contributed by atoms with Gasteiger partial charge >= 0.3 is 0 Å². The third kappa shape index (κ3) is 7.23. The predicted octanol–water partition coefficient (Wildman–Crippen LogP) is 6.73. The first-order valence-corrected chi connectivity index (χ1v) is 17.1. The summed E-state index contributed by atoms with van der Waals surface area (Å²) in [7, 11) is 0. The average Bonchev–Trinajstić information content (AvgIpc) is 3.03. The van der Waals surface area contributed by atoms with E-state index in [-0.39, 0.29) is 34.8 Å². The van der Waals surface area contributed by atoms with Gasteiger partial charge in [-0.3, -0.25) is 14.7 Å². The number of hydrogen-bond donors (Lipinski definition) is 0. The molecule has 0 bridgehead atoms. The minimum Gasteiger partial charge on any atom is -0.490 e. The fourth-order valence-corrected chi connectivity index (χ4v) is 6.91. The number of pyridine rings is 1. The van der Waals surface area contributed by atoms with Gasteiger partial charge in [0.25, 0.3) is 5.91 Å². The lowest BCUT2D eigenvalue weighted by Crippen LogP contribution is -2.65. The van der Waals surface area contributed by atoms with Crippen molar-refractivity contribution >= 4 is 23.3 Å². The summed E-state index contributed by atoms with van der Waals surface area (Å²) in [5.74, 6) is 2.23. The average molecular weight is 653 g/mol. The number of anilines is 1. The van der Waals surface area contributed by atoms with Crippen molar-refractivity contribution in [2.24, 2.45) is 5.41 Å². The maximum atomic E-state index is 14.3. The number of amides is 1. The third-order valence-corrected chi connectivity index (χ3v) is 9.27. The van der Waals surface area contributed by atoms with E-state index >= 15 is 0 Å². The quantitative estimate of drug-likeness (QED) is 0.211. The summed E-state index contributed by atoms with van der Waals surface area (Å²) < 4.78 is 27.0. The monoisotopic (exact) mass is 652 g/mol. The van der Waals surface area contributed by atoms with E-state index in [9.17, 15) is 9.18 Å². The number of halogens is 2. The highest BCUT2D eigenvalue weighted by molar-refractivity contribution is 6.17. The molecule has 0 radical (unpaired) electrons. The molecule has 0 atom stereocenters. The highest BCUT2D eigenvalue weighted by Gasteiger charge is 2.54. The summed E-state index contributed by atoms with van der Waals surface area (Å²) >= 11 is 5.93. The Balaban J connectivity index is 0.00000204. The van der Waals surface area contributed by atoms with Crippen LogP contribution < -0.4 is 14.4 Å². The van der Waals surface area contributed by atoms with Gasteiger partial charge in [0, 0.05) is 73.9 Å². The van der Waals surface area contributed by atoms with Crippen molar-refractivity contribution in [3.05, 3.63) is 65.6 Å². The molecule has 11 heteroatoms. The summed E-state index contributed by atoms with van der Waals surface area (Å²) in [6.45, 7) is 14.8. The van der Waals surface area contributed by atoms with E-state index in [1.165, 1.54) is 30.1 Å². The first-order chi connectivity index (χ1) is 22.3. The molecule has 1 saturated carbocycles. The molecule has 1 spiro atoms. The zero-order valence-corrected chi connectivity index (χ0v) is 28.4. The molecule has 3 aromatic rings. The van der Waals surface area contributed by atoms with Crippen LogP contribution in [0.3, 0.4) is 0 Å². The minimum absolute atomic E-state index is 0.0356. The number of nitrogens with zero attached hydrogens (tertiary/aromatic N) is 6. The van der Waals surface area contributed by atoms with Gasteiger partial charge in [0.2, 0.25) is 0 Å². The van der Waals surface area contributed by atoms with Crippen LogP contribution in [-0.4, -0.2) is 81.4 Å². The van der Waals surface area contributed by atoms with Crippen molar-refractivity contribution in [1.82, 2.24) is 24.8 Å². The molecule has 248 valence electrons. The van der Waals surface area contributed by atoms with E-state index in [1.807, 2.05) is 46.9 Å². The lowest BCUT2D eigenvalue weighted by atomic mass is 9.61. The molecule has 9 nitrogen and oxygen atoms in total. The number of carbonyl (C=O) groups excluding carboxylic acids is 1. The van der Waals surface area contributed by atoms with Gasteiger partial charge in [-0.15, -0.1) is 11.6 Å². The molecule has 46 heavy (non-hydrogen) atoms. The summed E-state index contributed by atoms with van der Waals surface area (Å²) in [6, 6.07) is 5.99. The number of benzene rings is 1. The van der Waals surface area contributed by atoms with Crippen LogP contribution in [0.2, 0.25) is 0 Å². The van der Waals surface area contributed by atoms with E-state index in [0.29, 0.717) is 24.0 Å². The first kappa shape index (κ1) is 33.9. The summed E-state index contributed by atoms with van der Waals surface area (Å²) in [5.41, 5.74) is 2.70. The van der Waals surface area contributed by atoms with Gasteiger partial charge < -0.3 is 19.3 Å². The summed E-state index contributed by atoms with van der Waals surface area (Å²) in [4.78, 5) is 32.9. The second-order valence-corrected chi connectivity index (χ2v) is 12.8. The van der Waals surface area contributed by atoms with Crippen LogP contribution in [0.25, 0.3) is 0 Å². The second kappa shape index (κ2) is 14.9. The van der Waals surface area contributed by atoms with Crippen molar-refractivity contribution in [3.63, 3.8) is 0 Å². The van der Waals surface area contributed by atoms with Crippen molar-refractivity contribution in [2.75, 3.05) is 43.5 Å². The molecule has 4 heterocycles. The Hall–Kier alpha value is -3.50. The van der Waals surface area contributed by atoms with Crippen LogP contribution >= 0.6 is 11.6 Å². The Morgan fingerprint density at radius 2 is 1.93 bits per heavy atom. The van der Waals surface area contributed by atoms with Crippen LogP contribution in [-0.2, 0) is 13.0 Å². The maximum Gasteiger partial charge on any atom is 0.257 e. The van der Waals surface area contributed by atoms with Gasteiger partial charge in [0.1, 0.15) is 29.7 Å². The van der Waals surface area contributed by atoms with Gasteiger partial charge in [-0.05, 0) is 70.8 Å². The molecular formula is C35H46ClFN6O3. The molecule has 3 aliphatic rings. The van der Waals surface area contributed by atoms with Crippen molar-refractivity contribution in [1.29, 1.82) is 0 Å². The van der Waals surface area contributed by atoms with Crippen molar-refractivity contribution < 1.29 is 18.7 Å².